The minimum absolute atomic E-state index is 0.115. The highest BCUT2D eigenvalue weighted by molar-refractivity contribution is 5.23. The maximum Gasteiger partial charge on any atom is 0.401 e. The fourth-order valence-corrected chi connectivity index (χ4v) is 2.31. The van der Waals surface area contributed by atoms with Gasteiger partial charge in [-0.1, -0.05) is 25.1 Å². The molecule has 0 aliphatic heterocycles. The van der Waals surface area contributed by atoms with Crippen LogP contribution in [0.25, 0.3) is 0 Å². The average Bonchev–Trinajstić information content (AvgIpc) is 2.39. The largest absolute Gasteiger partial charge is 0.401 e. The van der Waals surface area contributed by atoms with E-state index in [1.165, 1.54) is 18.2 Å². The summed E-state index contributed by atoms with van der Waals surface area (Å²) in [5.74, 6) is -0.600. The average molecular weight is 308 g/mol. The number of benzene rings is 1. The molecule has 0 aromatic heterocycles. The summed E-state index contributed by atoms with van der Waals surface area (Å²) in [6.07, 6.45) is -4.06. The number of alkyl halides is 3. The first-order valence-electron chi connectivity index (χ1n) is 6.71. The number of nitrogens with two attached hydrogens (primary N) is 1. The van der Waals surface area contributed by atoms with Crippen LogP contribution in [0.3, 0.4) is 0 Å². The molecule has 0 radical (unpaired) electrons. The lowest BCUT2D eigenvalue weighted by Crippen LogP contribution is -2.46. The van der Waals surface area contributed by atoms with E-state index in [2.05, 4.69) is 0 Å². The van der Waals surface area contributed by atoms with Gasteiger partial charge in [-0.3, -0.25) is 4.90 Å². The van der Waals surface area contributed by atoms with E-state index in [9.17, 15) is 17.6 Å². The van der Waals surface area contributed by atoms with E-state index >= 15 is 0 Å². The Morgan fingerprint density at radius 1 is 1.29 bits per heavy atom. The van der Waals surface area contributed by atoms with Crippen molar-refractivity contribution in [2.45, 2.75) is 31.6 Å². The fourth-order valence-electron chi connectivity index (χ4n) is 2.31. The molecule has 0 aliphatic carbocycles. The van der Waals surface area contributed by atoms with Gasteiger partial charge in [0.1, 0.15) is 5.82 Å². The molecule has 0 saturated heterocycles. The second-order valence-electron chi connectivity index (χ2n) is 4.85. The van der Waals surface area contributed by atoms with Gasteiger partial charge in [0.15, 0.2) is 0 Å². The van der Waals surface area contributed by atoms with E-state index < -0.39 is 37.2 Å². The molecule has 3 nitrogen and oxygen atoms in total. The normalized spacial score (nSPS) is 15.2. The number of halogens is 4. The van der Waals surface area contributed by atoms with E-state index in [0.29, 0.717) is 6.42 Å². The SMILES string of the molecule is CCC(N)C(c1ccccc1F)N(CCO)CC(F)(F)F. The Labute approximate surface area is 121 Å². The van der Waals surface area contributed by atoms with Crippen LogP contribution in [0, 0.1) is 5.82 Å². The van der Waals surface area contributed by atoms with Crippen LogP contribution < -0.4 is 5.73 Å². The van der Waals surface area contributed by atoms with Crippen molar-refractivity contribution >= 4 is 0 Å². The standard InChI is InChI=1S/C14H20F4N2O/c1-2-12(19)13(10-5-3-4-6-11(10)15)20(7-8-21)9-14(16,17)18/h3-6,12-13,21H,2,7-9,19H2,1H3. The molecule has 120 valence electrons. The molecule has 0 amide bonds. The van der Waals surface area contributed by atoms with Crippen LogP contribution >= 0.6 is 0 Å². The molecule has 0 heterocycles. The maximum absolute atomic E-state index is 13.9. The second-order valence-corrected chi connectivity index (χ2v) is 4.85. The molecule has 2 atom stereocenters. The van der Waals surface area contributed by atoms with Gasteiger partial charge in [-0.05, 0) is 12.5 Å². The Balaban J connectivity index is 3.17. The predicted octanol–water partition coefficient (Wildman–Crippen LogP) is 2.46. The van der Waals surface area contributed by atoms with Crippen LogP contribution in [0.4, 0.5) is 17.6 Å². The zero-order valence-corrected chi connectivity index (χ0v) is 11.8. The van der Waals surface area contributed by atoms with Gasteiger partial charge in [-0.25, -0.2) is 4.39 Å². The summed E-state index contributed by atoms with van der Waals surface area (Å²) in [6, 6.07) is 4.03. The molecule has 0 aliphatic rings. The summed E-state index contributed by atoms with van der Waals surface area (Å²) < 4.78 is 52.1. The van der Waals surface area contributed by atoms with Crippen LogP contribution in [-0.2, 0) is 0 Å². The van der Waals surface area contributed by atoms with Crippen LogP contribution in [0.15, 0.2) is 24.3 Å². The summed E-state index contributed by atoms with van der Waals surface area (Å²) in [5, 5.41) is 9.01. The van der Waals surface area contributed by atoms with E-state index in [1.54, 1.807) is 13.0 Å². The quantitative estimate of drug-likeness (QED) is 0.761. The lowest BCUT2D eigenvalue weighted by molar-refractivity contribution is -0.153. The lowest BCUT2D eigenvalue weighted by atomic mass is 9.95. The molecule has 7 heteroatoms. The first kappa shape index (κ1) is 17.9. The van der Waals surface area contributed by atoms with Crippen LogP contribution in [0.5, 0.6) is 0 Å². The van der Waals surface area contributed by atoms with Crippen molar-refractivity contribution in [2.75, 3.05) is 19.7 Å². The van der Waals surface area contributed by atoms with Crippen molar-refractivity contribution in [3.05, 3.63) is 35.6 Å². The first-order valence-corrected chi connectivity index (χ1v) is 6.71. The molecule has 3 N–H and O–H groups in total. The lowest BCUT2D eigenvalue weighted by Gasteiger charge is -2.35. The third-order valence-corrected chi connectivity index (χ3v) is 3.26. The Morgan fingerprint density at radius 3 is 2.38 bits per heavy atom. The summed E-state index contributed by atoms with van der Waals surface area (Å²) in [6.45, 7) is -0.215. The number of aliphatic hydroxyl groups is 1. The predicted molar refractivity (Wildman–Crippen MR) is 72.1 cm³/mol. The topological polar surface area (TPSA) is 49.5 Å². The van der Waals surface area contributed by atoms with E-state index in [-0.39, 0.29) is 12.1 Å². The molecular formula is C14H20F4N2O. The summed E-state index contributed by atoms with van der Waals surface area (Å²) in [5.41, 5.74) is 6.03. The van der Waals surface area contributed by atoms with Crippen LogP contribution in [-0.4, -0.2) is 41.9 Å². The highest BCUT2D eigenvalue weighted by Gasteiger charge is 2.36. The van der Waals surface area contributed by atoms with E-state index in [1.807, 2.05) is 0 Å². The summed E-state index contributed by atoms with van der Waals surface area (Å²) in [7, 11) is 0. The minimum Gasteiger partial charge on any atom is -0.395 e. The monoisotopic (exact) mass is 308 g/mol. The first-order chi connectivity index (χ1) is 9.80. The molecule has 1 aromatic carbocycles. The van der Waals surface area contributed by atoms with Gasteiger partial charge < -0.3 is 10.8 Å². The van der Waals surface area contributed by atoms with Gasteiger partial charge in [0, 0.05) is 18.2 Å². The summed E-state index contributed by atoms with van der Waals surface area (Å²) >= 11 is 0. The van der Waals surface area contributed by atoms with Crippen molar-refractivity contribution in [3.63, 3.8) is 0 Å². The van der Waals surface area contributed by atoms with Crippen molar-refractivity contribution in [1.29, 1.82) is 0 Å². The molecule has 0 bridgehead atoms. The molecule has 0 saturated carbocycles. The second kappa shape index (κ2) is 7.72. The maximum atomic E-state index is 13.9. The minimum atomic E-state index is -4.45. The molecule has 21 heavy (non-hydrogen) atoms. The third kappa shape index (κ3) is 5.26. The third-order valence-electron chi connectivity index (χ3n) is 3.26. The molecule has 1 aromatic rings. The Morgan fingerprint density at radius 2 is 1.90 bits per heavy atom. The number of hydrogen-bond donors (Lipinski definition) is 2. The van der Waals surface area contributed by atoms with E-state index in [0.717, 1.165) is 4.90 Å². The zero-order valence-electron chi connectivity index (χ0n) is 11.8. The molecule has 0 fully saturated rings. The van der Waals surface area contributed by atoms with Crippen molar-refractivity contribution < 1.29 is 22.7 Å². The van der Waals surface area contributed by atoms with Gasteiger partial charge in [-0.15, -0.1) is 0 Å². The van der Waals surface area contributed by atoms with Gasteiger partial charge in [0.25, 0.3) is 0 Å². The van der Waals surface area contributed by atoms with Gasteiger partial charge in [0.2, 0.25) is 0 Å². The number of nitrogens with zero attached hydrogens (tertiary/aromatic N) is 1. The highest BCUT2D eigenvalue weighted by Crippen LogP contribution is 2.30. The van der Waals surface area contributed by atoms with Gasteiger partial charge in [-0.2, -0.15) is 13.2 Å². The summed E-state index contributed by atoms with van der Waals surface area (Å²) in [4.78, 5) is 0.979. The number of hydrogen-bond acceptors (Lipinski definition) is 3. The van der Waals surface area contributed by atoms with Crippen LogP contribution in [0.1, 0.15) is 24.9 Å². The number of aliphatic hydroxyl groups excluding tert-OH is 1. The van der Waals surface area contributed by atoms with Crippen molar-refractivity contribution in [1.82, 2.24) is 4.90 Å². The van der Waals surface area contributed by atoms with Crippen molar-refractivity contribution in [2.24, 2.45) is 5.73 Å². The molecular weight excluding hydrogens is 288 g/mol. The Bertz CT molecular complexity index is 439. The highest BCUT2D eigenvalue weighted by atomic mass is 19.4. The molecule has 1 rings (SSSR count). The Hall–Kier alpha value is -1.18. The van der Waals surface area contributed by atoms with Gasteiger partial charge >= 0.3 is 6.18 Å². The fraction of sp³-hybridized carbons (Fsp3) is 0.571. The zero-order chi connectivity index (χ0) is 16.0. The van der Waals surface area contributed by atoms with Crippen LogP contribution in [0.2, 0.25) is 0 Å². The molecule has 2 unspecified atom stereocenters. The number of rotatable bonds is 7. The van der Waals surface area contributed by atoms with Crippen molar-refractivity contribution in [3.8, 4) is 0 Å². The molecule has 0 spiro atoms. The smallest absolute Gasteiger partial charge is 0.395 e. The Kier molecular flexibility index (Phi) is 6.57. The van der Waals surface area contributed by atoms with Gasteiger partial charge in [0.05, 0.1) is 19.2 Å². The van der Waals surface area contributed by atoms with E-state index in [4.69, 9.17) is 10.8 Å².